The number of carbonyl (C=O) groups is 1. The van der Waals surface area contributed by atoms with Gasteiger partial charge in [0, 0.05) is 15.9 Å². The Hall–Kier alpha value is -3.42. The fraction of sp³-hybridized carbons (Fsp3) is 0.0741. The molecule has 154 valence electrons. The van der Waals surface area contributed by atoms with Crippen molar-refractivity contribution in [2.24, 2.45) is 4.74 Å². The van der Waals surface area contributed by atoms with Crippen LogP contribution in [0.4, 0.5) is 5.69 Å². The van der Waals surface area contributed by atoms with Crippen LogP contribution in [0.25, 0.3) is 0 Å². The maximum Gasteiger partial charge on any atom is 0.338 e. The van der Waals surface area contributed by atoms with E-state index in [1.807, 2.05) is 30.3 Å². The van der Waals surface area contributed by atoms with Crippen molar-refractivity contribution in [2.45, 2.75) is 6.92 Å². The number of benzene rings is 4. The number of hydrogen-bond acceptors (Lipinski definition) is 3. The Kier molecular flexibility index (Phi) is 6.45. The van der Waals surface area contributed by atoms with Crippen LogP contribution in [0.5, 0.6) is 0 Å². The van der Waals surface area contributed by atoms with Crippen molar-refractivity contribution in [1.82, 2.24) is 0 Å². The van der Waals surface area contributed by atoms with E-state index in [9.17, 15) is 4.79 Å². The predicted molar refractivity (Wildman–Crippen MR) is 130 cm³/mol. The van der Waals surface area contributed by atoms with Gasteiger partial charge in [0.2, 0.25) is 0 Å². The van der Waals surface area contributed by atoms with E-state index in [4.69, 9.17) is 9.48 Å². The summed E-state index contributed by atoms with van der Waals surface area (Å²) in [6.07, 6.45) is 0. The lowest BCUT2D eigenvalue weighted by Gasteiger charge is -2.27. The third-order valence-electron chi connectivity index (χ3n) is 5.03. The zero-order valence-electron chi connectivity index (χ0n) is 17.4. The highest BCUT2D eigenvalue weighted by Crippen LogP contribution is 2.49. The van der Waals surface area contributed by atoms with Crippen LogP contribution in [-0.4, -0.2) is 12.6 Å². The van der Waals surface area contributed by atoms with Gasteiger partial charge in [-0.3, -0.25) is 4.74 Å². The Morgan fingerprint density at radius 1 is 0.677 bits per heavy atom. The summed E-state index contributed by atoms with van der Waals surface area (Å²) in [6.45, 7) is 2.16. The van der Waals surface area contributed by atoms with Crippen molar-refractivity contribution < 1.29 is 9.53 Å². The third-order valence-corrected chi connectivity index (χ3v) is 8.70. The molecule has 4 aromatic carbocycles. The minimum atomic E-state index is -2.32. The number of nitrogens with zero attached hydrogens (tertiary/aromatic N) is 1. The number of esters is 1. The summed E-state index contributed by atoms with van der Waals surface area (Å²) in [7, 11) is -2.32. The smallest absolute Gasteiger partial charge is 0.338 e. The zero-order chi connectivity index (χ0) is 21.5. The molecule has 4 heteroatoms. The lowest BCUT2D eigenvalue weighted by Crippen LogP contribution is -2.25. The molecule has 0 saturated heterocycles. The minimum absolute atomic E-state index is 0.315. The molecule has 0 radical (unpaired) electrons. The Morgan fingerprint density at radius 2 is 1.10 bits per heavy atom. The van der Waals surface area contributed by atoms with E-state index in [0.717, 1.165) is 5.69 Å². The second-order valence-corrected chi connectivity index (χ2v) is 10.0. The molecule has 0 unspecified atom stereocenters. The second kappa shape index (κ2) is 9.59. The van der Waals surface area contributed by atoms with Gasteiger partial charge in [0.05, 0.1) is 24.9 Å². The van der Waals surface area contributed by atoms with Crippen LogP contribution >= 0.6 is 7.05 Å². The van der Waals surface area contributed by atoms with Crippen molar-refractivity contribution in [1.29, 1.82) is 0 Å². The Morgan fingerprint density at radius 3 is 1.48 bits per heavy atom. The number of ether oxygens (including phenoxy) is 1. The van der Waals surface area contributed by atoms with Crippen LogP contribution in [0.15, 0.2) is 120 Å². The van der Waals surface area contributed by atoms with Crippen LogP contribution in [-0.2, 0) is 4.74 Å². The van der Waals surface area contributed by atoms with E-state index >= 15 is 0 Å². The number of hydrogen-bond donors (Lipinski definition) is 0. The second-order valence-electron chi connectivity index (χ2n) is 7.01. The SMILES string of the molecule is CCOC(=O)c1ccc(N=P(c2ccccc2)(c2ccccc2)c2ccccc2)cc1. The molecule has 31 heavy (non-hydrogen) atoms. The maximum atomic E-state index is 12.1. The van der Waals surface area contributed by atoms with E-state index < -0.39 is 7.05 Å². The van der Waals surface area contributed by atoms with Gasteiger partial charge in [0.25, 0.3) is 0 Å². The van der Waals surface area contributed by atoms with Crippen molar-refractivity contribution in [3.63, 3.8) is 0 Å². The van der Waals surface area contributed by atoms with E-state index in [1.165, 1.54) is 15.9 Å². The molecular formula is C27H24NO2P. The standard InChI is InChI=1S/C27H24NO2P/c1-2-30-27(29)22-18-20-23(21-19-22)28-31(24-12-6-3-7-13-24,25-14-8-4-9-15-25)26-16-10-5-11-17-26/h3-21H,2H2,1H3. The molecule has 3 nitrogen and oxygen atoms in total. The minimum Gasteiger partial charge on any atom is -0.462 e. The van der Waals surface area contributed by atoms with Gasteiger partial charge in [-0.05, 0) is 31.2 Å². The van der Waals surface area contributed by atoms with Crippen molar-refractivity contribution in [3.8, 4) is 0 Å². The summed E-state index contributed by atoms with van der Waals surface area (Å²) in [4.78, 5) is 12.1. The summed E-state index contributed by atoms with van der Waals surface area (Å²) in [5, 5.41) is 3.55. The third kappa shape index (κ3) is 4.38. The molecule has 0 aliphatic heterocycles. The highest BCUT2D eigenvalue weighted by Gasteiger charge is 2.27. The molecule has 0 atom stereocenters. The molecule has 0 fully saturated rings. The summed E-state index contributed by atoms with van der Waals surface area (Å²) >= 11 is 0. The van der Waals surface area contributed by atoms with Crippen LogP contribution in [0.2, 0.25) is 0 Å². The first-order chi connectivity index (χ1) is 15.2. The van der Waals surface area contributed by atoms with Crippen molar-refractivity contribution >= 4 is 34.6 Å². The van der Waals surface area contributed by atoms with Gasteiger partial charge in [-0.25, -0.2) is 4.79 Å². The highest BCUT2D eigenvalue weighted by molar-refractivity contribution is 7.87. The fourth-order valence-corrected chi connectivity index (χ4v) is 7.13. The van der Waals surface area contributed by atoms with Gasteiger partial charge in [-0.2, -0.15) is 0 Å². The molecule has 0 aromatic heterocycles. The van der Waals surface area contributed by atoms with Crippen molar-refractivity contribution in [3.05, 3.63) is 121 Å². The largest absolute Gasteiger partial charge is 0.462 e. The number of carbonyl (C=O) groups excluding carboxylic acids is 1. The summed E-state index contributed by atoms with van der Waals surface area (Å²) in [5.41, 5.74) is 1.36. The Balaban J connectivity index is 1.97. The van der Waals surface area contributed by atoms with Crippen LogP contribution in [0, 0.1) is 0 Å². The van der Waals surface area contributed by atoms with Crippen LogP contribution in [0.1, 0.15) is 17.3 Å². The van der Waals surface area contributed by atoms with E-state index in [1.54, 1.807) is 19.1 Å². The first-order valence-electron chi connectivity index (χ1n) is 10.3. The van der Waals surface area contributed by atoms with Gasteiger partial charge >= 0.3 is 5.97 Å². The molecule has 0 aliphatic carbocycles. The molecule has 0 N–H and O–H groups in total. The highest BCUT2D eigenvalue weighted by atomic mass is 31.2. The topological polar surface area (TPSA) is 38.7 Å². The van der Waals surface area contributed by atoms with Gasteiger partial charge < -0.3 is 4.74 Å². The van der Waals surface area contributed by atoms with Crippen LogP contribution in [0.3, 0.4) is 0 Å². The molecule has 4 aromatic rings. The normalized spacial score (nSPS) is 11.0. The van der Waals surface area contributed by atoms with Crippen LogP contribution < -0.4 is 15.9 Å². The van der Waals surface area contributed by atoms with Gasteiger partial charge in [0.1, 0.15) is 0 Å². The molecule has 0 spiro atoms. The van der Waals surface area contributed by atoms with Crippen molar-refractivity contribution in [2.75, 3.05) is 6.61 Å². The first-order valence-corrected chi connectivity index (χ1v) is 12.0. The summed E-state index contributed by atoms with van der Waals surface area (Å²) < 4.78 is 10.5. The predicted octanol–water partition coefficient (Wildman–Crippen LogP) is 5.67. The van der Waals surface area contributed by atoms with Gasteiger partial charge in [-0.15, -0.1) is 0 Å². The molecule has 0 aliphatic rings. The number of rotatable bonds is 6. The molecule has 4 rings (SSSR count). The van der Waals surface area contributed by atoms with E-state index in [-0.39, 0.29) is 5.97 Å². The van der Waals surface area contributed by atoms with E-state index in [0.29, 0.717) is 12.2 Å². The lowest BCUT2D eigenvalue weighted by atomic mass is 10.2. The Labute approximate surface area is 183 Å². The molecular weight excluding hydrogens is 401 g/mol. The average Bonchev–Trinajstić information content (AvgIpc) is 2.85. The van der Waals surface area contributed by atoms with Gasteiger partial charge in [0.15, 0.2) is 0 Å². The average molecular weight is 425 g/mol. The zero-order valence-corrected chi connectivity index (χ0v) is 18.3. The summed E-state index contributed by atoms with van der Waals surface area (Å²) in [5.74, 6) is -0.315. The molecule has 0 heterocycles. The maximum absolute atomic E-state index is 12.1. The molecule has 0 amide bonds. The Bertz CT molecular complexity index is 1090. The quantitative estimate of drug-likeness (QED) is 0.295. The lowest BCUT2D eigenvalue weighted by molar-refractivity contribution is 0.0526. The molecule has 0 saturated carbocycles. The monoisotopic (exact) mass is 425 g/mol. The summed E-state index contributed by atoms with van der Waals surface area (Å²) in [6, 6.07) is 38.8. The fourth-order valence-electron chi connectivity index (χ4n) is 3.60. The molecule has 0 bridgehead atoms. The first kappa shape index (κ1) is 20.8. The van der Waals surface area contributed by atoms with E-state index in [2.05, 4.69) is 72.8 Å². The van der Waals surface area contributed by atoms with Gasteiger partial charge in [-0.1, -0.05) is 91.0 Å².